The molecule has 0 spiro atoms. The Hall–Kier alpha value is -1.31. The first kappa shape index (κ1) is 3.12. The van der Waals surface area contributed by atoms with Crippen LogP contribution >= 0.6 is 0 Å². The van der Waals surface area contributed by atoms with Gasteiger partial charge < -0.3 is 4.90 Å². The third-order valence-corrected chi connectivity index (χ3v) is 1.75. The lowest BCUT2D eigenvalue weighted by atomic mass is 10.1. The van der Waals surface area contributed by atoms with Gasteiger partial charge in [-0.2, -0.15) is 0 Å². The second kappa shape index (κ2) is 3.21. The molecule has 2 heterocycles. The Balaban J connectivity index is 2.78. The summed E-state index contributed by atoms with van der Waals surface area (Å²) in [6.45, 7) is 0.471. The highest BCUT2D eigenvalue weighted by Gasteiger charge is 2.24. The van der Waals surface area contributed by atoms with Gasteiger partial charge in [0.05, 0.1) is 7.39 Å². The molecule has 0 N–H and O–H groups in total. The molecule has 1 aromatic rings. The van der Waals surface area contributed by atoms with Gasteiger partial charge in [0, 0.05) is 34.7 Å². The van der Waals surface area contributed by atoms with Crippen LogP contribution in [-0.2, 0) is 0 Å². The van der Waals surface area contributed by atoms with Crippen molar-refractivity contribution in [2.45, 2.75) is 18.8 Å². The van der Waals surface area contributed by atoms with Gasteiger partial charge in [0.25, 0.3) is 0 Å². The summed E-state index contributed by atoms with van der Waals surface area (Å²) < 4.78 is 62.9. The molecule has 0 saturated carbocycles. The molecule has 68 valence electrons. The largest absolute Gasteiger partial charge is 0.371 e. The highest BCUT2D eigenvalue weighted by molar-refractivity contribution is 5.19. The maximum atomic E-state index is 8.47. The minimum atomic E-state index is -2.91. The zero-order valence-corrected chi connectivity index (χ0v) is 6.91. The third kappa shape index (κ3) is 1.44. The van der Waals surface area contributed by atoms with Crippen molar-refractivity contribution < 1.29 is 11.0 Å². The molecule has 0 radical (unpaired) electrons. The van der Waals surface area contributed by atoms with Crippen LogP contribution in [0, 0.1) is 0 Å². The van der Waals surface area contributed by atoms with E-state index >= 15 is 0 Å². The quantitative estimate of drug-likeness (QED) is 0.663. The summed E-state index contributed by atoms with van der Waals surface area (Å²) in [4.78, 5) is 4.21. The van der Waals surface area contributed by atoms with E-state index in [0.717, 1.165) is 6.20 Å². The predicted molar refractivity (Wildman–Crippen MR) is 53.1 cm³/mol. The Labute approximate surface area is 90.1 Å². The van der Waals surface area contributed by atoms with Crippen molar-refractivity contribution in [1.29, 1.82) is 0 Å². The van der Waals surface area contributed by atoms with Gasteiger partial charge >= 0.3 is 0 Å². The maximum absolute atomic E-state index is 8.47. The van der Waals surface area contributed by atoms with Crippen molar-refractivity contribution in [3.63, 3.8) is 0 Å². The number of hydrogen-bond acceptors (Lipinski definition) is 2. The molecule has 0 bridgehead atoms. The van der Waals surface area contributed by atoms with Crippen LogP contribution in [0.4, 0.5) is 0 Å². The molecule has 0 aliphatic carbocycles. The number of aromatic nitrogens is 1. The van der Waals surface area contributed by atoms with Gasteiger partial charge in [-0.1, -0.05) is 12.6 Å². The number of allylic oxidation sites excluding steroid dienone is 1. The molecule has 1 atom stereocenters. The first-order chi connectivity index (χ1) is 9.38. The van der Waals surface area contributed by atoms with E-state index in [4.69, 9.17) is 11.0 Å². The molecule has 1 aliphatic heterocycles. The Morgan fingerprint density at radius 1 is 1.92 bits per heavy atom. The monoisotopic (exact) mass is 182 g/mol. The molecule has 1 aromatic heterocycles. The zero-order chi connectivity index (χ0) is 16.3. The van der Waals surface area contributed by atoms with Crippen molar-refractivity contribution in [3.05, 3.63) is 42.4 Å². The van der Waals surface area contributed by atoms with E-state index in [1.54, 1.807) is 0 Å². The summed E-state index contributed by atoms with van der Waals surface area (Å²) in [5.41, 5.74) is -0.625. The summed E-state index contributed by atoms with van der Waals surface area (Å²) in [5.74, 6) is 0. The normalized spacial score (nSPS) is 45.8. The topological polar surface area (TPSA) is 16.1 Å². The molecule has 2 heteroatoms. The molecule has 0 aromatic carbocycles. The lowest BCUT2D eigenvalue weighted by molar-refractivity contribution is 0.361. The highest BCUT2D eigenvalue weighted by Crippen LogP contribution is 2.35. The van der Waals surface area contributed by atoms with Gasteiger partial charge in [0.15, 0.2) is 0 Å². The fraction of sp³-hybridized carbons (Fsp3) is 0.364. The standard InChI is InChI=1S/C11H14N2/c1-9-5-6-11(13(9)2)10-4-3-7-12-8-10/h3-4,7-8,11H,1,5-6H2,2H3/t11-/m0/s1/i2D3,5D2,6D2,11D. The van der Waals surface area contributed by atoms with E-state index in [1.165, 1.54) is 18.3 Å². The van der Waals surface area contributed by atoms with Gasteiger partial charge in [-0.15, -0.1) is 0 Å². The first-order valence-corrected chi connectivity index (χ1v) is 3.78. The zero-order valence-electron chi connectivity index (χ0n) is 14.9. The van der Waals surface area contributed by atoms with Crippen LogP contribution in [0.15, 0.2) is 36.8 Å². The molecule has 1 aliphatic rings. The van der Waals surface area contributed by atoms with E-state index in [-0.39, 0.29) is 5.56 Å². The van der Waals surface area contributed by atoms with Crippen molar-refractivity contribution in [3.8, 4) is 0 Å². The number of hydrogen-bond donors (Lipinski definition) is 0. The number of likely N-dealkylation sites (tertiary alicyclic amines) is 1. The number of pyridine rings is 1. The SMILES string of the molecule is [2H]C([2H])([2H])N1C(=C)C([2H])([2H])C([2H])([2H])[C@@]1([2H])c1cccnc1. The summed E-state index contributed by atoms with van der Waals surface area (Å²) >= 11 is 0. The molecular weight excluding hydrogens is 160 g/mol. The van der Waals surface area contributed by atoms with E-state index in [2.05, 4.69) is 11.6 Å². The van der Waals surface area contributed by atoms with Gasteiger partial charge in [0.1, 0.15) is 0 Å². The Kier molecular flexibility index (Phi) is 0.770. The van der Waals surface area contributed by atoms with E-state index in [9.17, 15) is 0 Å². The smallest absolute Gasteiger partial charge is 0.0582 e. The minimum absolute atomic E-state index is 0.0475. The number of nitrogens with zero attached hydrogens (tertiary/aromatic N) is 2. The van der Waals surface area contributed by atoms with Crippen LogP contribution in [0.3, 0.4) is 0 Å². The predicted octanol–water partition coefficient (Wildman–Crippen LogP) is 2.36. The molecule has 0 amide bonds. The summed E-state index contributed by atoms with van der Waals surface area (Å²) in [5, 5.41) is 0. The number of rotatable bonds is 1. The second-order valence-electron chi connectivity index (χ2n) is 2.62. The first-order valence-electron chi connectivity index (χ1n) is 7.78. The third-order valence-electron chi connectivity index (χ3n) is 1.75. The Morgan fingerprint density at radius 3 is 3.54 bits per heavy atom. The lowest BCUT2D eigenvalue weighted by Crippen LogP contribution is -2.15. The van der Waals surface area contributed by atoms with Crippen LogP contribution < -0.4 is 0 Å². The lowest BCUT2D eigenvalue weighted by Gasteiger charge is -2.22. The van der Waals surface area contributed by atoms with Crippen LogP contribution in [0.1, 0.15) is 35.3 Å². The van der Waals surface area contributed by atoms with Gasteiger partial charge in [-0.25, -0.2) is 0 Å². The molecule has 2 rings (SSSR count). The van der Waals surface area contributed by atoms with E-state index in [1.807, 2.05) is 0 Å². The summed E-state index contributed by atoms with van der Waals surface area (Å²) in [6.07, 6.45) is -2.95. The molecule has 2 nitrogen and oxygen atoms in total. The summed E-state index contributed by atoms with van der Waals surface area (Å²) in [7, 11) is 0. The average Bonchev–Trinajstić information content (AvgIpc) is 2.47. The molecule has 13 heavy (non-hydrogen) atoms. The van der Waals surface area contributed by atoms with Gasteiger partial charge in [-0.05, 0) is 24.4 Å². The van der Waals surface area contributed by atoms with Crippen LogP contribution in [-0.4, -0.2) is 16.9 Å². The van der Waals surface area contributed by atoms with E-state index < -0.39 is 31.4 Å². The average molecular weight is 182 g/mol. The fourth-order valence-corrected chi connectivity index (χ4v) is 1.08. The molecule has 1 fully saturated rings. The second-order valence-corrected chi connectivity index (χ2v) is 2.62. The van der Waals surface area contributed by atoms with Gasteiger partial charge in [0.2, 0.25) is 0 Å². The van der Waals surface area contributed by atoms with Crippen LogP contribution in [0.25, 0.3) is 0 Å². The van der Waals surface area contributed by atoms with Crippen molar-refractivity contribution >= 4 is 0 Å². The highest BCUT2D eigenvalue weighted by atomic mass is 15.2. The molecule has 0 unspecified atom stereocenters. The molecule has 1 saturated heterocycles. The minimum Gasteiger partial charge on any atom is -0.371 e. The van der Waals surface area contributed by atoms with Crippen molar-refractivity contribution in [2.75, 3.05) is 6.98 Å². The van der Waals surface area contributed by atoms with Crippen molar-refractivity contribution in [1.82, 2.24) is 9.88 Å². The maximum Gasteiger partial charge on any atom is 0.0582 e. The Bertz CT molecular complexity index is 567. The fourth-order valence-electron chi connectivity index (χ4n) is 1.08. The van der Waals surface area contributed by atoms with E-state index in [0.29, 0.717) is 4.90 Å². The van der Waals surface area contributed by atoms with Crippen molar-refractivity contribution in [2.24, 2.45) is 0 Å². The van der Waals surface area contributed by atoms with Gasteiger partial charge in [-0.3, -0.25) is 4.98 Å². The van der Waals surface area contributed by atoms with Crippen LogP contribution in [0.2, 0.25) is 0 Å². The summed E-state index contributed by atoms with van der Waals surface area (Å²) in [6, 6.07) is 0.300. The van der Waals surface area contributed by atoms with Crippen LogP contribution in [0.5, 0.6) is 0 Å². The molecular formula is C11H14N2. The Morgan fingerprint density at radius 2 is 2.85 bits per heavy atom.